The Hall–Kier alpha value is -4.04. The average molecular weight is 398 g/mol. The third-order valence-electron chi connectivity index (χ3n) is 5.97. The number of benzene rings is 4. The van der Waals surface area contributed by atoms with E-state index in [1.807, 2.05) is 6.20 Å². The maximum absolute atomic E-state index is 4.80. The van der Waals surface area contributed by atoms with Crippen molar-refractivity contribution in [1.82, 2.24) is 4.98 Å². The molecule has 0 spiro atoms. The molecule has 0 saturated heterocycles. The molecule has 146 valence electrons. The highest BCUT2D eigenvalue weighted by Crippen LogP contribution is 2.32. The van der Waals surface area contributed by atoms with Crippen molar-refractivity contribution in [3.05, 3.63) is 115 Å². The van der Waals surface area contributed by atoms with Gasteiger partial charge in [-0.2, -0.15) is 4.40 Å². The van der Waals surface area contributed by atoms with E-state index in [1.54, 1.807) is 0 Å². The Bertz CT molecular complexity index is 1570. The van der Waals surface area contributed by atoms with Crippen LogP contribution in [0, 0.1) is 6.92 Å². The Morgan fingerprint density at radius 1 is 0.581 bits per heavy atom. The van der Waals surface area contributed by atoms with Gasteiger partial charge in [0, 0.05) is 16.3 Å². The number of nitrogens with zero attached hydrogens (tertiary/aromatic N) is 2. The first-order valence-corrected chi connectivity index (χ1v) is 10.6. The number of hydrogen-bond donors (Lipinski definition) is 0. The first-order valence-electron chi connectivity index (χ1n) is 10.6. The lowest BCUT2D eigenvalue weighted by Gasteiger charge is -2.10. The van der Waals surface area contributed by atoms with Crippen LogP contribution in [0.5, 0.6) is 0 Å². The second-order valence-electron chi connectivity index (χ2n) is 8.05. The van der Waals surface area contributed by atoms with Crippen molar-refractivity contribution >= 4 is 27.3 Å². The molecular formula is C29H21N2+. The summed E-state index contributed by atoms with van der Waals surface area (Å²) >= 11 is 0. The predicted molar refractivity (Wildman–Crippen MR) is 128 cm³/mol. The van der Waals surface area contributed by atoms with E-state index in [0.29, 0.717) is 0 Å². The second-order valence-corrected chi connectivity index (χ2v) is 8.05. The van der Waals surface area contributed by atoms with E-state index in [-0.39, 0.29) is 0 Å². The molecule has 0 aliphatic carbocycles. The number of aromatic nitrogens is 2. The van der Waals surface area contributed by atoms with Gasteiger partial charge in [-0.15, -0.1) is 0 Å². The zero-order valence-electron chi connectivity index (χ0n) is 17.3. The predicted octanol–water partition coefficient (Wildman–Crippen LogP) is 6.77. The van der Waals surface area contributed by atoms with Gasteiger partial charge in [-0.3, -0.25) is 0 Å². The van der Waals surface area contributed by atoms with Gasteiger partial charge in [0.2, 0.25) is 0 Å². The molecule has 31 heavy (non-hydrogen) atoms. The average Bonchev–Trinajstić information content (AvgIpc) is 2.84. The lowest BCUT2D eigenvalue weighted by atomic mass is 9.96. The quantitative estimate of drug-likeness (QED) is 0.233. The van der Waals surface area contributed by atoms with Crippen LogP contribution in [0.3, 0.4) is 0 Å². The fraction of sp³-hybridized carbons (Fsp3) is 0.0345. The molecule has 2 heteroatoms. The number of aryl methyl sites for hydroxylation is 1. The molecule has 2 heterocycles. The van der Waals surface area contributed by atoms with Gasteiger partial charge in [0.15, 0.2) is 0 Å². The smallest absolute Gasteiger partial charge is 0.195 e. The number of fused-ring (bicyclic) bond motifs is 6. The van der Waals surface area contributed by atoms with Crippen LogP contribution in [0.2, 0.25) is 0 Å². The van der Waals surface area contributed by atoms with E-state index >= 15 is 0 Å². The summed E-state index contributed by atoms with van der Waals surface area (Å²) in [6.45, 7) is 2.09. The molecule has 0 aliphatic heterocycles. The van der Waals surface area contributed by atoms with Crippen LogP contribution in [0.15, 0.2) is 109 Å². The Morgan fingerprint density at radius 3 is 1.87 bits per heavy atom. The molecule has 4 aromatic carbocycles. The van der Waals surface area contributed by atoms with E-state index < -0.39 is 0 Å². The van der Waals surface area contributed by atoms with Crippen LogP contribution in [0.4, 0.5) is 0 Å². The van der Waals surface area contributed by atoms with E-state index in [1.165, 1.54) is 38.5 Å². The van der Waals surface area contributed by atoms with Crippen LogP contribution in [0.1, 0.15) is 5.56 Å². The fourth-order valence-electron chi connectivity index (χ4n) is 4.45. The van der Waals surface area contributed by atoms with Gasteiger partial charge in [0.1, 0.15) is 17.9 Å². The zero-order valence-corrected chi connectivity index (χ0v) is 17.3. The molecule has 0 fully saturated rings. The second kappa shape index (κ2) is 7.03. The summed E-state index contributed by atoms with van der Waals surface area (Å²) < 4.78 is 2.23. The number of hydrogen-bond acceptors (Lipinski definition) is 1. The maximum Gasteiger partial charge on any atom is 0.335 e. The molecule has 0 atom stereocenters. The maximum atomic E-state index is 4.80. The molecule has 2 aromatic heterocycles. The van der Waals surface area contributed by atoms with Crippen molar-refractivity contribution in [3.63, 3.8) is 0 Å². The summed E-state index contributed by atoms with van der Waals surface area (Å²) in [7, 11) is 0. The summed E-state index contributed by atoms with van der Waals surface area (Å²) in [4.78, 5) is 4.80. The molecular weight excluding hydrogens is 376 g/mol. The first kappa shape index (κ1) is 17.8. The van der Waals surface area contributed by atoms with Crippen LogP contribution in [-0.2, 0) is 0 Å². The highest BCUT2D eigenvalue weighted by molar-refractivity contribution is 6.11. The zero-order chi connectivity index (χ0) is 20.8. The SMILES string of the molecule is Cc1cnc2c3ccc(-c4ccccc4)cc3c3cc(-c4ccccc4)ccc3[n+]2c1. The molecule has 0 N–H and O–H groups in total. The van der Waals surface area contributed by atoms with E-state index in [2.05, 4.69) is 115 Å². The van der Waals surface area contributed by atoms with Gasteiger partial charge in [0.05, 0.1) is 5.39 Å². The Morgan fingerprint density at radius 2 is 1.19 bits per heavy atom. The molecule has 2 nitrogen and oxygen atoms in total. The third-order valence-corrected chi connectivity index (χ3v) is 5.97. The highest BCUT2D eigenvalue weighted by atomic mass is 15.0. The van der Waals surface area contributed by atoms with Gasteiger partial charge in [0.25, 0.3) is 0 Å². The lowest BCUT2D eigenvalue weighted by Crippen LogP contribution is -2.24. The lowest BCUT2D eigenvalue weighted by molar-refractivity contribution is -0.483. The van der Waals surface area contributed by atoms with E-state index in [0.717, 1.165) is 16.6 Å². The molecule has 0 bridgehead atoms. The summed E-state index contributed by atoms with van der Waals surface area (Å²) in [6.07, 6.45) is 4.13. The third kappa shape index (κ3) is 2.96. The van der Waals surface area contributed by atoms with Crippen LogP contribution in [0.25, 0.3) is 49.6 Å². The Balaban J connectivity index is 1.74. The largest absolute Gasteiger partial charge is 0.335 e. The minimum atomic E-state index is 0.986. The Labute approximate surface area is 181 Å². The number of rotatable bonds is 2. The topological polar surface area (TPSA) is 17.0 Å². The fourth-order valence-corrected chi connectivity index (χ4v) is 4.45. The van der Waals surface area contributed by atoms with E-state index in [4.69, 9.17) is 4.98 Å². The monoisotopic (exact) mass is 397 g/mol. The summed E-state index contributed by atoms with van der Waals surface area (Å²) in [6, 6.07) is 34.6. The Kier molecular flexibility index (Phi) is 4.03. The molecule has 0 amide bonds. The van der Waals surface area contributed by atoms with Crippen molar-refractivity contribution in [3.8, 4) is 22.3 Å². The molecule has 0 radical (unpaired) electrons. The minimum absolute atomic E-state index is 0.986. The molecule has 0 aliphatic rings. The van der Waals surface area contributed by atoms with Crippen LogP contribution in [-0.4, -0.2) is 4.98 Å². The van der Waals surface area contributed by atoms with Gasteiger partial charge in [-0.05, 0) is 58.4 Å². The highest BCUT2D eigenvalue weighted by Gasteiger charge is 2.17. The van der Waals surface area contributed by atoms with Crippen molar-refractivity contribution in [2.75, 3.05) is 0 Å². The summed E-state index contributed by atoms with van der Waals surface area (Å²) in [5.41, 5.74) is 8.19. The van der Waals surface area contributed by atoms with Crippen molar-refractivity contribution < 1.29 is 4.40 Å². The molecule has 6 rings (SSSR count). The molecule has 0 unspecified atom stereocenters. The van der Waals surface area contributed by atoms with Crippen LogP contribution >= 0.6 is 0 Å². The van der Waals surface area contributed by atoms with Gasteiger partial charge < -0.3 is 0 Å². The van der Waals surface area contributed by atoms with Crippen molar-refractivity contribution in [1.29, 1.82) is 0 Å². The molecule has 0 saturated carbocycles. The van der Waals surface area contributed by atoms with Gasteiger partial charge >= 0.3 is 5.65 Å². The van der Waals surface area contributed by atoms with Crippen molar-refractivity contribution in [2.24, 2.45) is 0 Å². The van der Waals surface area contributed by atoms with E-state index in [9.17, 15) is 0 Å². The van der Waals surface area contributed by atoms with Gasteiger partial charge in [-0.1, -0.05) is 72.8 Å². The normalized spacial score (nSPS) is 11.4. The minimum Gasteiger partial charge on any atom is -0.195 e. The number of pyridine rings is 1. The summed E-state index contributed by atoms with van der Waals surface area (Å²) in [5.74, 6) is 0. The van der Waals surface area contributed by atoms with Crippen LogP contribution < -0.4 is 4.40 Å². The van der Waals surface area contributed by atoms with Gasteiger partial charge in [-0.25, -0.2) is 0 Å². The first-order chi connectivity index (χ1) is 15.3. The summed E-state index contributed by atoms with van der Waals surface area (Å²) in [5, 5.41) is 3.63. The standard InChI is InChI=1S/C29H21N2/c1-20-18-30-29-25-14-12-23(21-8-4-2-5-9-21)16-26(25)27-17-24(22-10-6-3-7-11-22)13-15-28(27)31(29)19-20/h2-19H,1H3/q+1. The molecule has 6 aromatic rings. The van der Waals surface area contributed by atoms with Crippen molar-refractivity contribution in [2.45, 2.75) is 6.92 Å².